The number of aliphatic hydroxyl groups excluding tert-OH is 4. The van der Waals surface area contributed by atoms with Gasteiger partial charge < -0.3 is 117 Å². The lowest BCUT2D eigenvalue weighted by atomic mass is 9.97. The Bertz CT molecular complexity index is 2790. The maximum Gasteiger partial charge on any atom is 0.303 e. The van der Waals surface area contributed by atoms with Gasteiger partial charge in [-0.15, -0.1) is 0 Å². The average molecular weight is 1330 g/mol. The van der Waals surface area contributed by atoms with Crippen LogP contribution >= 0.6 is 0 Å². The van der Waals surface area contributed by atoms with Crippen LogP contribution in [0.2, 0.25) is 0 Å². The number of aromatic hydroxyl groups is 1. The van der Waals surface area contributed by atoms with Crippen LogP contribution in [0.3, 0.4) is 0 Å². The number of rotatable bonds is 44. The van der Waals surface area contributed by atoms with Crippen molar-refractivity contribution in [3.05, 3.63) is 29.8 Å². The van der Waals surface area contributed by atoms with Gasteiger partial charge in [-0.05, 0) is 76.1 Å². The highest BCUT2D eigenvalue weighted by Crippen LogP contribution is 2.14. The lowest BCUT2D eigenvalue weighted by Crippen LogP contribution is -2.62. The van der Waals surface area contributed by atoms with Crippen LogP contribution in [0.15, 0.2) is 24.3 Å². The number of primary amides is 3. The fraction of sp³-hybridized carbons (Fsp3) is 0.600. The van der Waals surface area contributed by atoms with Crippen LogP contribution in [0.5, 0.6) is 5.75 Å². The second kappa shape index (κ2) is 41.7. The van der Waals surface area contributed by atoms with Crippen LogP contribution in [0.25, 0.3) is 0 Å². The Morgan fingerprint density at radius 3 is 1.44 bits per heavy atom. The highest BCUT2D eigenvalue weighted by Gasteiger charge is 2.37. The number of phenols is 1. The molecule has 520 valence electrons. The minimum absolute atomic E-state index is 0.0935. The van der Waals surface area contributed by atoms with Crippen LogP contribution in [-0.2, 0) is 83.1 Å². The van der Waals surface area contributed by atoms with Crippen molar-refractivity contribution in [2.24, 2.45) is 28.9 Å². The van der Waals surface area contributed by atoms with E-state index in [9.17, 15) is 102 Å². The first-order valence-electron chi connectivity index (χ1n) is 29.3. The predicted octanol–water partition coefficient (Wildman–Crippen LogP) is -10.6. The summed E-state index contributed by atoms with van der Waals surface area (Å²) in [7, 11) is 0. The van der Waals surface area contributed by atoms with Gasteiger partial charge in [-0.25, -0.2) is 0 Å². The number of benzene rings is 1. The maximum atomic E-state index is 14.3. The summed E-state index contributed by atoms with van der Waals surface area (Å²) in [6.45, 7) is 2.35. The molecule has 0 saturated heterocycles. The summed E-state index contributed by atoms with van der Waals surface area (Å²) in [4.78, 5) is 207. The van der Waals surface area contributed by atoms with Gasteiger partial charge in [-0.1, -0.05) is 32.4 Å². The van der Waals surface area contributed by atoms with Crippen LogP contribution in [0, 0.1) is 5.92 Å². The maximum absolute atomic E-state index is 14.3. The van der Waals surface area contributed by atoms with Gasteiger partial charge in [0.25, 0.3) is 0 Å². The van der Waals surface area contributed by atoms with Gasteiger partial charge in [-0.2, -0.15) is 0 Å². The molecule has 0 radical (unpaired) electrons. The molecule has 0 fully saturated rings. The summed E-state index contributed by atoms with van der Waals surface area (Å²) in [6.07, 6.45) is -4.41. The van der Waals surface area contributed by atoms with Crippen LogP contribution in [-0.4, -0.2) is 231 Å². The van der Waals surface area contributed by atoms with Crippen LogP contribution < -0.4 is 86.7 Å². The Labute approximate surface area is 533 Å². The number of hydrogen-bond acceptors (Lipinski definition) is 22. The van der Waals surface area contributed by atoms with E-state index in [1.165, 1.54) is 31.2 Å². The summed E-state index contributed by atoms with van der Waals surface area (Å²) in [5, 5.41) is 86.7. The summed E-state index contributed by atoms with van der Waals surface area (Å²) in [5.74, 6) is -18.6. The van der Waals surface area contributed by atoms with Gasteiger partial charge in [-0.3, -0.25) is 76.7 Å². The van der Waals surface area contributed by atoms with Gasteiger partial charge in [0.15, 0.2) is 0 Å². The van der Waals surface area contributed by atoms with Gasteiger partial charge in [0.1, 0.15) is 72.2 Å². The summed E-state index contributed by atoms with van der Waals surface area (Å²) < 4.78 is 0. The van der Waals surface area contributed by atoms with Crippen LogP contribution in [0.4, 0.5) is 0 Å². The zero-order valence-corrected chi connectivity index (χ0v) is 51.9. The molecule has 0 aromatic heterocycles. The fourth-order valence-electron chi connectivity index (χ4n) is 8.37. The number of carboxylic acid groups (broad SMARTS) is 1. The normalized spacial score (nSPS) is 15.1. The van der Waals surface area contributed by atoms with Crippen molar-refractivity contribution in [2.75, 3.05) is 32.9 Å². The molecule has 1 rings (SSSR count). The Hall–Kier alpha value is -9.66. The van der Waals surface area contributed by atoms with Crippen molar-refractivity contribution in [1.82, 2.24) is 63.8 Å². The molecule has 0 saturated carbocycles. The number of unbranched alkanes of at least 4 members (excludes halogenated alkanes) is 1. The van der Waals surface area contributed by atoms with E-state index in [0.717, 1.165) is 13.8 Å². The first kappa shape index (κ1) is 81.4. The minimum Gasteiger partial charge on any atom is -0.508 e. The first-order chi connectivity index (χ1) is 43.6. The Balaban J connectivity index is 3.44. The largest absolute Gasteiger partial charge is 0.508 e. The first-order valence-corrected chi connectivity index (χ1v) is 29.3. The molecule has 93 heavy (non-hydrogen) atoms. The predicted molar refractivity (Wildman–Crippen MR) is 321 cm³/mol. The molecular weight excluding hydrogens is 1240 g/mol. The molecule has 1 aromatic carbocycles. The number of carbonyl (C=O) groups is 16. The topological polar surface area (TPSA) is 643 Å². The molecule has 0 spiro atoms. The second-order valence-corrected chi connectivity index (χ2v) is 21.5. The highest BCUT2D eigenvalue weighted by atomic mass is 16.4. The number of carboxylic acids is 1. The number of phenolic OH excluding ortho intramolecular Hbond substituents is 1. The molecule has 15 amide bonds. The Kier molecular flexibility index (Phi) is 36.5. The standard InChI is InChI=1S/C55H88N16O22/c1-6-25(2)43(70-49(87)32(9-7-8-18-56)64-51(89)35(20-40(58)79)66-46(84)26(3)61-28(5)76)54(92)69-38(24-74)52(90)67-34(19-29-10-12-30(77)13-11-29)50(88)65-33(14-16-39(57)78)48(86)68-36(22-72)47(85)60-21-41(80)62-37(23-73)53(91)71-44(27(4)75)55(93)63-31(45(59)83)15-17-42(81)82/h10-13,25-27,31-38,43-44,72-75,77H,6-9,14-24,56H2,1-5H3,(H2,57,78)(H2,58,79)(H2,59,83)(H,60,85)(H,61,76)(H,62,80)(H,63,93)(H,64,89)(H,65,88)(H,66,84)(H,67,90)(H,68,86)(H,69,92)(H,70,87)(H,71,91)(H,81,82)/t25-,26-,27+,31-,32-,33-,34-,35-,36-,37-,38-,43-,44-/m0/s1. The molecule has 0 aliphatic carbocycles. The molecule has 0 heterocycles. The van der Waals surface area contributed by atoms with Crippen molar-refractivity contribution < 1.29 is 107 Å². The smallest absolute Gasteiger partial charge is 0.303 e. The van der Waals surface area contributed by atoms with E-state index in [1.54, 1.807) is 13.8 Å². The van der Waals surface area contributed by atoms with E-state index in [2.05, 4.69) is 53.2 Å². The Morgan fingerprint density at radius 2 is 0.925 bits per heavy atom. The minimum atomic E-state index is -1.93. The zero-order valence-electron chi connectivity index (χ0n) is 51.9. The van der Waals surface area contributed by atoms with E-state index < -0.39 is 238 Å². The number of nitrogens with one attached hydrogen (secondary N) is 12. The number of amides is 15. The number of aliphatic hydroxyl groups is 4. The lowest BCUT2D eigenvalue weighted by molar-refractivity contribution is -0.138. The third kappa shape index (κ3) is 30.3. The summed E-state index contributed by atoms with van der Waals surface area (Å²) >= 11 is 0. The molecule has 0 aliphatic rings. The molecule has 26 N–H and O–H groups in total. The SMILES string of the molecule is CC[C@H](C)[C@H](NC(=O)[C@H](CCCCN)NC(=O)[C@H](CC(N)=O)NC(=O)[C@H](C)NC(C)=O)C(=O)N[C@@H](CO)C(=O)N[C@@H](Cc1ccc(O)cc1)C(=O)N[C@@H](CCC(N)=O)C(=O)N[C@@H](CO)C(=O)NCC(=O)N[C@@H](CO)C(=O)N[C@H](C(=O)N[C@@H](CCC(=O)O)C(N)=O)[C@@H](C)O. The van der Waals surface area contributed by atoms with Gasteiger partial charge >= 0.3 is 5.97 Å². The highest BCUT2D eigenvalue weighted by molar-refractivity contribution is 6.00. The van der Waals surface area contributed by atoms with E-state index in [4.69, 9.17) is 28.0 Å². The van der Waals surface area contributed by atoms with Crippen molar-refractivity contribution in [3.63, 3.8) is 0 Å². The molecular formula is C55H88N16O22. The van der Waals surface area contributed by atoms with Crippen molar-refractivity contribution in [3.8, 4) is 5.75 Å². The van der Waals surface area contributed by atoms with Gasteiger partial charge in [0.2, 0.25) is 88.6 Å². The van der Waals surface area contributed by atoms with E-state index in [0.29, 0.717) is 6.42 Å². The summed E-state index contributed by atoms with van der Waals surface area (Å²) in [6, 6.07) is -13.3. The average Bonchev–Trinajstić information content (AvgIpc) is 1.15. The third-order valence-electron chi connectivity index (χ3n) is 13.8. The second-order valence-electron chi connectivity index (χ2n) is 21.5. The number of aliphatic carboxylic acids is 1. The van der Waals surface area contributed by atoms with E-state index in [-0.39, 0.29) is 37.1 Å². The molecule has 38 nitrogen and oxygen atoms in total. The zero-order chi connectivity index (χ0) is 70.8. The third-order valence-corrected chi connectivity index (χ3v) is 13.8. The van der Waals surface area contributed by atoms with Crippen molar-refractivity contribution in [1.29, 1.82) is 0 Å². The molecule has 13 atom stereocenters. The quantitative estimate of drug-likeness (QED) is 0.0270. The monoisotopic (exact) mass is 1320 g/mol. The van der Waals surface area contributed by atoms with Gasteiger partial charge in [0, 0.05) is 26.2 Å². The lowest BCUT2D eigenvalue weighted by Gasteiger charge is -2.29. The molecule has 38 heteroatoms. The number of hydrogen-bond donors (Lipinski definition) is 22. The molecule has 0 unspecified atom stereocenters. The number of carbonyl (C=O) groups excluding carboxylic acids is 15. The molecule has 1 aromatic rings. The Morgan fingerprint density at radius 1 is 0.484 bits per heavy atom. The van der Waals surface area contributed by atoms with Gasteiger partial charge in [0.05, 0.1) is 38.9 Å². The molecule has 0 aliphatic heterocycles. The van der Waals surface area contributed by atoms with Crippen LogP contribution in [0.1, 0.15) is 98.0 Å². The van der Waals surface area contributed by atoms with E-state index >= 15 is 0 Å². The number of nitrogens with two attached hydrogens (primary N) is 4. The van der Waals surface area contributed by atoms with Crippen molar-refractivity contribution in [2.45, 2.75) is 171 Å². The van der Waals surface area contributed by atoms with Crippen molar-refractivity contribution >= 4 is 94.6 Å². The summed E-state index contributed by atoms with van der Waals surface area (Å²) in [5.41, 5.74) is 21.9. The fourth-order valence-corrected chi connectivity index (χ4v) is 8.37. The van der Waals surface area contributed by atoms with E-state index in [1.807, 2.05) is 10.6 Å². The molecule has 0 bridgehead atoms.